The molecule has 1 N–H and O–H groups in total. The molecule has 6 rings (SSSR count). The molecule has 1 saturated carbocycles. The Kier molecular flexibility index (Phi) is 3.30. The smallest absolute Gasteiger partial charge is 0.347 e. The highest BCUT2D eigenvalue weighted by Gasteiger charge is 2.67. The van der Waals surface area contributed by atoms with Crippen LogP contribution < -0.4 is 20.9 Å². The zero-order valence-electron chi connectivity index (χ0n) is 16.2. The Morgan fingerprint density at radius 2 is 1.79 bits per heavy atom. The molecule has 1 aromatic carbocycles. The van der Waals surface area contributed by atoms with Crippen molar-refractivity contribution < 1.29 is 23.7 Å². The summed E-state index contributed by atoms with van der Waals surface area (Å²) in [6, 6.07) is 5.20. The molecule has 0 unspecified atom stereocenters. The number of hydrogen-bond acceptors (Lipinski definition) is 7. The van der Waals surface area contributed by atoms with Gasteiger partial charge in [0.2, 0.25) is 6.79 Å². The second-order valence-electron chi connectivity index (χ2n) is 8.39. The van der Waals surface area contributed by atoms with E-state index >= 15 is 0 Å². The standard InChI is InChI=1S/C19H21N3O7/c1-19(2)28-14-12(22-18(24)21(3)17(23)20-22)11(13-15(27-13)16(14)29-19)8-4-5-9-10(6-8)26-7-25-9/h4-6,11-16H,7H2,1-3H3,(H,20,23)/t11-,12-,13+,14+,15+,16+/m1/s1. The molecule has 10 heteroatoms. The third-order valence-electron chi connectivity index (χ3n) is 6.20. The molecule has 2 saturated heterocycles. The Hall–Kier alpha value is -2.56. The number of nitrogens with one attached hydrogen (secondary N) is 1. The lowest BCUT2D eigenvalue weighted by molar-refractivity contribution is -0.151. The van der Waals surface area contributed by atoms with Gasteiger partial charge in [-0.3, -0.25) is 0 Å². The van der Waals surface area contributed by atoms with Crippen molar-refractivity contribution in [3.63, 3.8) is 0 Å². The maximum atomic E-state index is 12.8. The number of aromatic amines is 1. The molecule has 0 amide bonds. The number of benzene rings is 1. The second-order valence-corrected chi connectivity index (χ2v) is 8.39. The minimum atomic E-state index is -0.813. The summed E-state index contributed by atoms with van der Waals surface area (Å²) >= 11 is 0. The van der Waals surface area contributed by atoms with Crippen molar-refractivity contribution in [2.75, 3.05) is 6.79 Å². The first-order chi connectivity index (χ1) is 13.8. The zero-order valence-corrected chi connectivity index (χ0v) is 16.2. The summed E-state index contributed by atoms with van der Waals surface area (Å²) in [5.41, 5.74) is 0.0139. The van der Waals surface area contributed by atoms with Crippen LogP contribution in [-0.2, 0) is 21.3 Å². The largest absolute Gasteiger partial charge is 0.454 e. The number of hydrogen-bond donors (Lipinski definition) is 1. The molecule has 0 spiro atoms. The molecule has 29 heavy (non-hydrogen) atoms. The predicted molar refractivity (Wildman–Crippen MR) is 97.1 cm³/mol. The number of aromatic nitrogens is 3. The highest BCUT2D eigenvalue weighted by Crippen LogP contribution is 2.56. The van der Waals surface area contributed by atoms with Crippen LogP contribution in [0.25, 0.3) is 0 Å². The fourth-order valence-electron chi connectivity index (χ4n) is 4.91. The highest BCUT2D eigenvalue weighted by atomic mass is 16.8. The van der Waals surface area contributed by atoms with E-state index in [1.807, 2.05) is 32.0 Å². The predicted octanol–water partition coefficient (Wildman–Crippen LogP) is 0.230. The van der Waals surface area contributed by atoms with E-state index in [1.165, 1.54) is 11.7 Å². The third kappa shape index (κ3) is 2.39. The van der Waals surface area contributed by atoms with Crippen molar-refractivity contribution >= 4 is 0 Å². The van der Waals surface area contributed by atoms with Gasteiger partial charge in [0.1, 0.15) is 18.3 Å². The molecule has 6 atom stereocenters. The zero-order chi connectivity index (χ0) is 20.1. The lowest BCUT2D eigenvalue weighted by atomic mass is 9.77. The topological polar surface area (TPSA) is 109 Å². The average molecular weight is 403 g/mol. The van der Waals surface area contributed by atoms with Crippen LogP contribution in [0.2, 0.25) is 0 Å². The summed E-state index contributed by atoms with van der Waals surface area (Å²) < 4.78 is 31.7. The molecule has 0 radical (unpaired) electrons. The van der Waals surface area contributed by atoms with Crippen molar-refractivity contribution in [3.8, 4) is 11.5 Å². The van der Waals surface area contributed by atoms with Gasteiger partial charge in [-0.25, -0.2) is 23.9 Å². The summed E-state index contributed by atoms with van der Waals surface area (Å²) in [6.45, 7) is 3.86. The van der Waals surface area contributed by atoms with Crippen LogP contribution in [0.4, 0.5) is 0 Å². The van der Waals surface area contributed by atoms with Crippen LogP contribution in [0, 0.1) is 0 Å². The van der Waals surface area contributed by atoms with Crippen molar-refractivity contribution in [2.24, 2.45) is 7.05 Å². The van der Waals surface area contributed by atoms with E-state index in [0.29, 0.717) is 11.5 Å². The monoisotopic (exact) mass is 403 g/mol. The van der Waals surface area contributed by atoms with Gasteiger partial charge in [0.25, 0.3) is 0 Å². The number of fused-ring (bicyclic) bond motifs is 4. The van der Waals surface area contributed by atoms with Crippen molar-refractivity contribution in [1.82, 2.24) is 14.3 Å². The molecular formula is C19H21N3O7. The van der Waals surface area contributed by atoms with Crippen LogP contribution in [0.3, 0.4) is 0 Å². The lowest BCUT2D eigenvalue weighted by Gasteiger charge is -2.35. The first-order valence-electron chi connectivity index (χ1n) is 9.62. The van der Waals surface area contributed by atoms with Crippen molar-refractivity contribution in [1.29, 1.82) is 0 Å². The maximum absolute atomic E-state index is 12.8. The quantitative estimate of drug-likeness (QED) is 0.715. The first-order valence-corrected chi connectivity index (χ1v) is 9.62. The second kappa shape index (κ2) is 5.53. The van der Waals surface area contributed by atoms with Crippen molar-refractivity contribution in [3.05, 3.63) is 44.7 Å². The van der Waals surface area contributed by atoms with Gasteiger partial charge in [-0.1, -0.05) is 6.07 Å². The molecule has 0 bridgehead atoms. The van der Waals surface area contributed by atoms with Crippen LogP contribution in [0.1, 0.15) is 31.4 Å². The van der Waals surface area contributed by atoms with E-state index in [4.69, 9.17) is 23.7 Å². The summed E-state index contributed by atoms with van der Waals surface area (Å²) in [7, 11) is 1.44. The highest BCUT2D eigenvalue weighted by molar-refractivity contribution is 5.46. The van der Waals surface area contributed by atoms with E-state index in [-0.39, 0.29) is 31.0 Å². The van der Waals surface area contributed by atoms with Gasteiger partial charge < -0.3 is 23.7 Å². The summed E-state index contributed by atoms with van der Waals surface area (Å²) in [5.74, 6) is 0.286. The lowest BCUT2D eigenvalue weighted by Crippen LogP contribution is -2.48. The molecule has 154 valence electrons. The summed E-state index contributed by atoms with van der Waals surface area (Å²) in [6.07, 6.45) is -1.06. The van der Waals surface area contributed by atoms with Crippen LogP contribution in [0.15, 0.2) is 27.8 Å². The SMILES string of the molecule is Cn1c(=O)[nH]n([C@H]2[C@@H]3OC(C)(C)O[C@@H]3[C@H]3O[C@H]3[C@@H]2c2ccc3c(c2)OCO3)c1=O. The minimum absolute atomic E-state index is 0.125. The van der Waals surface area contributed by atoms with Gasteiger partial charge in [0.15, 0.2) is 17.3 Å². The van der Waals surface area contributed by atoms with Crippen LogP contribution >= 0.6 is 0 Å². The van der Waals surface area contributed by atoms with E-state index < -0.39 is 29.3 Å². The molecule has 4 aliphatic rings. The molecule has 10 nitrogen and oxygen atoms in total. The summed E-state index contributed by atoms with van der Waals surface area (Å²) in [4.78, 5) is 25.0. The Labute approximate surface area is 164 Å². The normalized spacial score (nSPS) is 36.0. The Balaban J connectivity index is 1.51. The number of epoxide rings is 1. The van der Waals surface area contributed by atoms with Gasteiger partial charge >= 0.3 is 11.4 Å². The molecule has 3 fully saturated rings. The molecule has 1 aromatic heterocycles. The molecule has 2 aromatic rings. The van der Waals surface area contributed by atoms with E-state index in [1.54, 1.807) is 0 Å². The molecular weight excluding hydrogens is 382 g/mol. The molecule has 1 aliphatic carbocycles. The Bertz CT molecular complexity index is 1120. The van der Waals surface area contributed by atoms with Gasteiger partial charge in [-0.05, 0) is 31.5 Å². The molecule has 3 aliphatic heterocycles. The maximum Gasteiger partial charge on any atom is 0.347 e. The number of nitrogens with zero attached hydrogens (tertiary/aromatic N) is 2. The average Bonchev–Trinajstić information content (AvgIpc) is 3.09. The van der Waals surface area contributed by atoms with Crippen LogP contribution in [0.5, 0.6) is 11.5 Å². The van der Waals surface area contributed by atoms with Crippen LogP contribution in [-0.4, -0.2) is 51.3 Å². The number of ether oxygens (including phenoxy) is 5. The third-order valence-corrected chi connectivity index (χ3v) is 6.20. The fourth-order valence-corrected chi connectivity index (χ4v) is 4.91. The van der Waals surface area contributed by atoms with Gasteiger partial charge in [0, 0.05) is 13.0 Å². The van der Waals surface area contributed by atoms with Crippen molar-refractivity contribution in [2.45, 2.75) is 56.0 Å². The fraction of sp³-hybridized carbons (Fsp3) is 0.579. The van der Waals surface area contributed by atoms with E-state index in [9.17, 15) is 9.59 Å². The summed E-state index contributed by atoms with van der Waals surface area (Å²) in [5, 5.41) is 2.68. The Morgan fingerprint density at radius 1 is 1.03 bits per heavy atom. The number of rotatable bonds is 2. The minimum Gasteiger partial charge on any atom is -0.454 e. The van der Waals surface area contributed by atoms with Gasteiger partial charge in [-0.15, -0.1) is 0 Å². The van der Waals surface area contributed by atoms with E-state index in [2.05, 4.69) is 5.10 Å². The van der Waals surface area contributed by atoms with Gasteiger partial charge in [0.05, 0.1) is 12.1 Å². The Morgan fingerprint density at radius 3 is 2.55 bits per heavy atom. The first kappa shape index (κ1) is 17.3. The number of H-pyrrole nitrogens is 1. The van der Waals surface area contributed by atoms with Gasteiger partial charge in [-0.2, -0.15) is 0 Å². The molecule has 4 heterocycles. The van der Waals surface area contributed by atoms with E-state index in [0.717, 1.165) is 10.1 Å².